The Morgan fingerprint density at radius 2 is 2.35 bits per heavy atom. The zero-order valence-electron chi connectivity index (χ0n) is 9.96. The minimum absolute atomic E-state index is 0.0234. The Balaban J connectivity index is 2.24. The summed E-state index contributed by atoms with van der Waals surface area (Å²) >= 11 is 7.33. The van der Waals surface area contributed by atoms with Gasteiger partial charge in [-0.15, -0.1) is 11.3 Å². The Labute approximate surface area is 110 Å². The maximum atomic E-state index is 11.6. The zero-order valence-corrected chi connectivity index (χ0v) is 11.5. The first-order valence-corrected chi connectivity index (χ1v) is 6.57. The summed E-state index contributed by atoms with van der Waals surface area (Å²) in [6, 6.07) is 3.58. The third kappa shape index (κ3) is 5.50. The van der Waals surface area contributed by atoms with Crippen molar-refractivity contribution in [3.8, 4) is 0 Å². The number of rotatable bonds is 7. The summed E-state index contributed by atoms with van der Waals surface area (Å²) in [5.74, 6) is -0.0234. The second kappa shape index (κ2) is 7.66. The van der Waals surface area contributed by atoms with Crippen LogP contribution in [0.1, 0.15) is 11.8 Å². The molecule has 6 heteroatoms. The summed E-state index contributed by atoms with van der Waals surface area (Å²) in [6.45, 7) is 3.54. The topological polar surface area (TPSA) is 50.4 Å². The van der Waals surface area contributed by atoms with E-state index >= 15 is 0 Å². The van der Waals surface area contributed by atoms with Crippen molar-refractivity contribution in [1.29, 1.82) is 0 Å². The van der Waals surface area contributed by atoms with Gasteiger partial charge in [-0.3, -0.25) is 4.79 Å². The predicted octanol–water partition coefficient (Wildman–Crippen LogP) is 1.64. The number of carbonyl (C=O) groups is 1. The van der Waals surface area contributed by atoms with Crippen molar-refractivity contribution in [3.63, 3.8) is 0 Å². The molecule has 0 fully saturated rings. The van der Waals surface area contributed by atoms with Crippen LogP contribution in [0.3, 0.4) is 0 Å². The minimum Gasteiger partial charge on any atom is -0.383 e. The van der Waals surface area contributed by atoms with Gasteiger partial charge in [0.1, 0.15) is 0 Å². The molecule has 0 spiro atoms. The molecule has 0 bridgehead atoms. The maximum Gasteiger partial charge on any atom is 0.236 e. The monoisotopic (exact) mass is 276 g/mol. The summed E-state index contributed by atoms with van der Waals surface area (Å²) in [5, 5.41) is 5.91. The molecule has 0 aromatic carbocycles. The number of halogens is 1. The fourth-order valence-corrected chi connectivity index (χ4v) is 2.26. The number of thiophene rings is 1. The predicted molar refractivity (Wildman–Crippen MR) is 70.5 cm³/mol. The fraction of sp³-hybridized carbons (Fsp3) is 0.545. The molecule has 1 atom stereocenters. The average Bonchev–Trinajstić information content (AvgIpc) is 2.72. The van der Waals surface area contributed by atoms with E-state index in [1.807, 2.05) is 19.1 Å². The maximum absolute atomic E-state index is 11.6. The summed E-state index contributed by atoms with van der Waals surface area (Å²) in [4.78, 5) is 12.7. The largest absolute Gasteiger partial charge is 0.383 e. The lowest BCUT2D eigenvalue weighted by atomic mass is 10.3. The molecule has 1 unspecified atom stereocenters. The molecule has 0 aliphatic rings. The molecular weight excluding hydrogens is 260 g/mol. The van der Waals surface area contributed by atoms with Gasteiger partial charge in [0.25, 0.3) is 0 Å². The normalized spacial score (nSPS) is 12.4. The van der Waals surface area contributed by atoms with Gasteiger partial charge in [0.2, 0.25) is 5.91 Å². The number of nitrogens with one attached hydrogen (secondary N) is 2. The second-order valence-corrected chi connectivity index (χ2v) is 5.39. The number of carbonyl (C=O) groups excluding carboxylic acids is 1. The highest BCUT2D eigenvalue weighted by Gasteiger charge is 2.11. The van der Waals surface area contributed by atoms with Crippen molar-refractivity contribution in [2.45, 2.75) is 19.5 Å². The van der Waals surface area contributed by atoms with Crippen molar-refractivity contribution in [2.75, 3.05) is 20.3 Å². The summed E-state index contributed by atoms with van der Waals surface area (Å²) in [6.07, 6.45) is 0. The molecule has 1 amide bonds. The highest BCUT2D eigenvalue weighted by atomic mass is 35.5. The third-order valence-electron chi connectivity index (χ3n) is 2.21. The van der Waals surface area contributed by atoms with Crippen molar-refractivity contribution in [1.82, 2.24) is 10.6 Å². The van der Waals surface area contributed by atoms with E-state index in [0.29, 0.717) is 19.7 Å². The number of hydrogen-bond acceptors (Lipinski definition) is 4. The summed E-state index contributed by atoms with van der Waals surface area (Å²) < 4.78 is 5.62. The molecule has 2 N–H and O–H groups in total. The first-order valence-electron chi connectivity index (χ1n) is 5.37. The smallest absolute Gasteiger partial charge is 0.236 e. The molecule has 1 aromatic heterocycles. The molecular formula is C11H17ClN2O2S. The lowest BCUT2D eigenvalue weighted by Crippen LogP contribution is -2.42. The van der Waals surface area contributed by atoms with Crippen LogP contribution in [0.4, 0.5) is 0 Å². The number of methoxy groups -OCH3 is 1. The molecule has 17 heavy (non-hydrogen) atoms. The first-order chi connectivity index (χ1) is 8.13. The van der Waals surface area contributed by atoms with E-state index in [4.69, 9.17) is 16.3 Å². The Hall–Kier alpha value is -0.620. The molecule has 1 aromatic rings. The standard InChI is InChI=1S/C11H17ClN2O2S/c1-8(11(15)13-5-6-16-2)14-7-9-3-4-10(12)17-9/h3-4,8,14H,5-7H2,1-2H3,(H,13,15). The van der Waals surface area contributed by atoms with Gasteiger partial charge in [-0.05, 0) is 19.1 Å². The average molecular weight is 277 g/mol. The highest BCUT2D eigenvalue weighted by Crippen LogP contribution is 2.21. The molecule has 0 radical (unpaired) electrons. The molecule has 0 aliphatic heterocycles. The van der Waals surface area contributed by atoms with Crippen LogP contribution in [0.15, 0.2) is 12.1 Å². The van der Waals surface area contributed by atoms with Crippen LogP contribution < -0.4 is 10.6 Å². The number of ether oxygens (including phenoxy) is 1. The molecule has 0 aliphatic carbocycles. The van der Waals surface area contributed by atoms with Crippen LogP contribution in [0.25, 0.3) is 0 Å². The molecule has 0 saturated heterocycles. The first kappa shape index (κ1) is 14.4. The van der Waals surface area contributed by atoms with E-state index in [1.54, 1.807) is 7.11 Å². The molecule has 1 rings (SSSR count). The number of hydrogen-bond donors (Lipinski definition) is 2. The van der Waals surface area contributed by atoms with Gasteiger partial charge in [-0.1, -0.05) is 11.6 Å². The van der Waals surface area contributed by atoms with Crippen molar-refractivity contribution in [3.05, 3.63) is 21.3 Å². The zero-order chi connectivity index (χ0) is 12.7. The molecule has 4 nitrogen and oxygen atoms in total. The lowest BCUT2D eigenvalue weighted by molar-refractivity contribution is -0.122. The van der Waals surface area contributed by atoms with Gasteiger partial charge >= 0.3 is 0 Å². The Bertz CT molecular complexity index is 357. The van der Waals surface area contributed by atoms with Gasteiger partial charge in [0.15, 0.2) is 0 Å². The Morgan fingerprint density at radius 3 is 2.94 bits per heavy atom. The minimum atomic E-state index is -0.229. The van der Waals surface area contributed by atoms with Gasteiger partial charge in [0, 0.05) is 25.1 Å². The van der Waals surface area contributed by atoms with Crippen LogP contribution >= 0.6 is 22.9 Å². The second-order valence-electron chi connectivity index (χ2n) is 3.59. The SMILES string of the molecule is COCCNC(=O)C(C)NCc1ccc(Cl)s1. The summed E-state index contributed by atoms with van der Waals surface area (Å²) in [5.41, 5.74) is 0. The van der Waals surface area contributed by atoms with Gasteiger partial charge < -0.3 is 15.4 Å². The van der Waals surface area contributed by atoms with Gasteiger partial charge in [0.05, 0.1) is 17.0 Å². The van der Waals surface area contributed by atoms with E-state index in [0.717, 1.165) is 9.21 Å². The molecule has 1 heterocycles. The van der Waals surface area contributed by atoms with E-state index in [1.165, 1.54) is 11.3 Å². The lowest BCUT2D eigenvalue weighted by Gasteiger charge is -2.13. The van der Waals surface area contributed by atoms with Gasteiger partial charge in [-0.25, -0.2) is 0 Å². The fourth-order valence-electron chi connectivity index (χ4n) is 1.22. The molecule has 0 saturated carbocycles. The molecule has 96 valence electrons. The van der Waals surface area contributed by atoms with Crippen LogP contribution in [-0.4, -0.2) is 32.2 Å². The van der Waals surface area contributed by atoms with Crippen molar-refractivity contribution < 1.29 is 9.53 Å². The van der Waals surface area contributed by atoms with E-state index in [2.05, 4.69) is 10.6 Å². The van der Waals surface area contributed by atoms with E-state index in [9.17, 15) is 4.79 Å². The quantitative estimate of drug-likeness (QED) is 0.745. The van der Waals surface area contributed by atoms with E-state index < -0.39 is 0 Å². The number of amides is 1. The van der Waals surface area contributed by atoms with Gasteiger partial charge in [-0.2, -0.15) is 0 Å². The highest BCUT2D eigenvalue weighted by molar-refractivity contribution is 7.16. The van der Waals surface area contributed by atoms with Crippen LogP contribution in [0.5, 0.6) is 0 Å². The summed E-state index contributed by atoms with van der Waals surface area (Å²) in [7, 11) is 1.61. The van der Waals surface area contributed by atoms with Crippen molar-refractivity contribution in [2.24, 2.45) is 0 Å². The van der Waals surface area contributed by atoms with Crippen LogP contribution in [0.2, 0.25) is 4.34 Å². The Kier molecular flexibility index (Phi) is 6.50. The van der Waals surface area contributed by atoms with Crippen molar-refractivity contribution >= 4 is 28.8 Å². The van der Waals surface area contributed by atoms with Crippen LogP contribution in [0, 0.1) is 0 Å². The van der Waals surface area contributed by atoms with Crippen LogP contribution in [-0.2, 0) is 16.1 Å². The Morgan fingerprint density at radius 1 is 1.59 bits per heavy atom. The third-order valence-corrected chi connectivity index (χ3v) is 3.44. The van der Waals surface area contributed by atoms with E-state index in [-0.39, 0.29) is 11.9 Å².